The number of carbonyl (C=O) groups excluding carboxylic acids is 1. The number of hydrogen-bond donors (Lipinski definition) is 0. The predicted octanol–water partition coefficient (Wildman–Crippen LogP) is 2.95. The summed E-state index contributed by atoms with van der Waals surface area (Å²) >= 11 is 0. The van der Waals surface area contributed by atoms with Crippen LogP contribution in [-0.2, 0) is 15.1 Å². The molecule has 5 fully saturated rings. The lowest BCUT2D eigenvalue weighted by Gasteiger charge is -2.61. The van der Waals surface area contributed by atoms with Crippen LogP contribution in [0.3, 0.4) is 0 Å². The first-order valence-electron chi connectivity index (χ1n) is 11.2. The van der Waals surface area contributed by atoms with Crippen molar-refractivity contribution in [1.82, 2.24) is 19.7 Å². The summed E-state index contributed by atoms with van der Waals surface area (Å²) in [7, 11) is 0. The molecule has 6 heteroatoms. The van der Waals surface area contributed by atoms with Gasteiger partial charge in [0.05, 0.1) is 18.8 Å². The number of aryl methyl sites for hydroxylation is 1. The highest BCUT2D eigenvalue weighted by atomic mass is 16.5. The molecule has 0 amide bonds. The fourth-order valence-electron chi connectivity index (χ4n) is 7.19. The van der Waals surface area contributed by atoms with Crippen molar-refractivity contribution in [3.63, 3.8) is 0 Å². The van der Waals surface area contributed by atoms with Crippen LogP contribution in [0.25, 0.3) is 0 Å². The van der Waals surface area contributed by atoms with Gasteiger partial charge in [-0.05, 0) is 70.6 Å². The normalized spacial score (nSPS) is 38.6. The molecule has 0 aromatic carbocycles. The van der Waals surface area contributed by atoms with E-state index in [9.17, 15) is 4.79 Å². The molecule has 28 heavy (non-hydrogen) atoms. The number of morpholine rings is 1. The van der Waals surface area contributed by atoms with Gasteiger partial charge in [-0.2, -0.15) is 5.10 Å². The lowest BCUT2D eigenvalue weighted by atomic mass is 9.45. The molecule has 0 radical (unpaired) electrons. The second kappa shape index (κ2) is 6.91. The zero-order valence-electron chi connectivity index (χ0n) is 17.4. The Morgan fingerprint density at radius 3 is 2.61 bits per heavy atom. The number of aromatic nitrogens is 3. The quantitative estimate of drug-likeness (QED) is 0.752. The molecule has 0 spiro atoms. The maximum Gasteiger partial charge on any atom is 0.147 e. The average Bonchev–Trinajstić information content (AvgIpc) is 3.13. The first-order chi connectivity index (χ1) is 13.5. The topological polar surface area (TPSA) is 60.2 Å². The lowest BCUT2D eigenvalue weighted by Crippen LogP contribution is -2.59. The molecule has 4 bridgehead atoms. The Balaban J connectivity index is 1.31. The van der Waals surface area contributed by atoms with Gasteiger partial charge in [-0.1, -0.05) is 0 Å². The predicted molar refractivity (Wildman–Crippen MR) is 106 cm³/mol. The molecule has 4 aliphatic carbocycles. The third kappa shape index (κ3) is 3.13. The van der Waals surface area contributed by atoms with Crippen molar-refractivity contribution in [1.29, 1.82) is 0 Å². The molecule has 1 aromatic rings. The lowest BCUT2D eigenvalue weighted by molar-refractivity contribution is -0.154. The Hall–Kier alpha value is -1.27. The molecule has 3 atom stereocenters. The molecule has 1 aromatic heterocycles. The van der Waals surface area contributed by atoms with Gasteiger partial charge < -0.3 is 4.74 Å². The standard InChI is InChI=1S/C22H34N4O2/c1-16(25-5-7-28-8-6-25)3-4-20(27)21-10-18-9-19(11-21)13-22(12-18,14-21)26-15-23-17(2)24-26/h15-16,18-19H,3-14H2,1-2H3. The van der Waals surface area contributed by atoms with E-state index in [1.54, 1.807) is 0 Å². The second-order valence-electron chi connectivity index (χ2n) is 10.2. The highest BCUT2D eigenvalue weighted by Gasteiger charge is 2.61. The van der Waals surface area contributed by atoms with Crippen LogP contribution < -0.4 is 0 Å². The highest BCUT2D eigenvalue weighted by molar-refractivity contribution is 5.85. The summed E-state index contributed by atoms with van der Waals surface area (Å²) in [5.74, 6) is 2.75. The van der Waals surface area contributed by atoms with E-state index in [-0.39, 0.29) is 11.0 Å². The van der Waals surface area contributed by atoms with Gasteiger partial charge in [0.25, 0.3) is 0 Å². The smallest absolute Gasteiger partial charge is 0.147 e. The van der Waals surface area contributed by atoms with E-state index in [1.165, 1.54) is 19.3 Å². The molecule has 154 valence electrons. The average molecular weight is 387 g/mol. The summed E-state index contributed by atoms with van der Waals surface area (Å²) in [5, 5.41) is 4.70. The first-order valence-corrected chi connectivity index (χ1v) is 11.2. The minimum atomic E-state index is -0.103. The van der Waals surface area contributed by atoms with E-state index >= 15 is 0 Å². The van der Waals surface area contributed by atoms with E-state index in [1.807, 2.05) is 13.3 Å². The summed E-state index contributed by atoms with van der Waals surface area (Å²) in [5.41, 5.74) is -0.0640. The molecule has 2 heterocycles. The SMILES string of the molecule is Cc1ncn(C23CC4CC(CC(C(=O)CCC(C)N5CCOCC5)(C4)C2)C3)n1. The summed E-state index contributed by atoms with van der Waals surface area (Å²) in [6.45, 7) is 7.89. The molecular weight excluding hydrogens is 352 g/mol. The van der Waals surface area contributed by atoms with Crippen molar-refractivity contribution in [3.05, 3.63) is 12.2 Å². The third-order valence-corrected chi connectivity index (χ3v) is 8.17. The molecule has 4 saturated carbocycles. The van der Waals surface area contributed by atoms with Crippen molar-refractivity contribution < 1.29 is 9.53 Å². The molecule has 1 saturated heterocycles. The van der Waals surface area contributed by atoms with Gasteiger partial charge >= 0.3 is 0 Å². The monoisotopic (exact) mass is 386 g/mol. The Morgan fingerprint density at radius 2 is 1.96 bits per heavy atom. The van der Waals surface area contributed by atoms with Crippen molar-refractivity contribution >= 4 is 5.78 Å². The molecule has 6 rings (SSSR count). The van der Waals surface area contributed by atoms with Gasteiger partial charge in [0.15, 0.2) is 0 Å². The minimum Gasteiger partial charge on any atom is -0.379 e. The maximum atomic E-state index is 13.6. The zero-order valence-corrected chi connectivity index (χ0v) is 17.4. The van der Waals surface area contributed by atoms with Crippen LogP contribution in [0.15, 0.2) is 6.33 Å². The van der Waals surface area contributed by atoms with Crippen LogP contribution >= 0.6 is 0 Å². The van der Waals surface area contributed by atoms with Gasteiger partial charge in [0.2, 0.25) is 0 Å². The number of ketones is 1. The Kier molecular flexibility index (Phi) is 4.62. The van der Waals surface area contributed by atoms with Crippen molar-refractivity contribution in [3.8, 4) is 0 Å². The number of hydrogen-bond acceptors (Lipinski definition) is 5. The van der Waals surface area contributed by atoms with Crippen LogP contribution in [0.5, 0.6) is 0 Å². The van der Waals surface area contributed by atoms with Crippen LogP contribution in [0.4, 0.5) is 0 Å². The number of Topliss-reactive ketones (excluding diaryl/α,β-unsaturated/α-hetero) is 1. The van der Waals surface area contributed by atoms with Crippen molar-refractivity contribution in [2.45, 2.75) is 76.8 Å². The van der Waals surface area contributed by atoms with Crippen LogP contribution in [0, 0.1) is 24.2 Å². The minimum absolute atomic E-state index is 0.0385. The molecule has 1 aliphatic heterocycles. The van der Waals surface area contributed by atoms with Crippen LogP contribution in [0.2, 0.25) is 0 Å². The molecule has 3 unspecified atom stereocenters. The Bertz CT molecular complexity index is 725. The number of ether oxygens (including phenoxy) is 1. The Morgan fingerprint density at radius 1 is 1.25 bits per heavy atom. The number of nitrogens with zero attached hydrogens (tertiary/aromatic N) is 4. The van der Waals surface area contributed by atoms with E-state index < -0.39 is 0 Å². The van der Waals surface area contributed by atoms with Gasteiger partial charge in [-0.25, -0.2) is 9.67 Å². The number of carbonyl (C=O) groups is 1. The summed E-state index contributed by atoms with van der Waals surface area (Å²) in [6, 6.07) is 0.466. The van der Waals surface area contributed by atoms with E-state index in [0.29, 0.717) is 23.7 Å². The zero-order chi connectivity index (χ0) is 19.4. The van der Waals surface area contributed by atoms with E-state index in [2.05, 4.69) is 21.5 Å². The fourth-order valence-corrected chi connectivity index (χ4v) is 7.19. The first kappa shape index (κ1) is 18.7. The van der Waals surface area contributed by atoms with Gasteiger partial charge in [-0.15, -0.1) is 0 Å². The highest BCUT2D eigenvalue weighted by Crippen LogP contribution is 2.64. The van der Waals surface area contributed by atoms with Crippen molar-refractivity contribution in [2.24, 2.45) is 17.3 Å². The third-order valence-electron chi connectivity index (χ3n) is 8.17. The van der Waals surface area contributed by atoms with Crippen LogP contribution in [-0.4, -0.2) is 57.8 Å². The van der Waals surface area contributed by atoms with Gasteiger partial charge in [0, 0.05) is 31.0 Å². The maximum absolute atomic E-state index is 13.6. The second-order valence-corrected chi connectivity index (χ2v) is 10.2. The summed E-state index contributed by atoms with van der Waals surface area (Å²) in [4.78, 5) is 20.5. The molecular formula is C22H34N4O2. The van der Waals surface area contributed by atoms with Gasteiger partial charge in [0.1, 0.15) is 17.9 Å². The molecule has 5 aliphatic rings. The molecule has 6 nitrogen and oxygen atoms in total. The van der Waals surface area contributed by atoms with E-state index in [0.717, 1.165) is 64.2 Å². The number of rotatable bonds is 6. The molecule has 0 N–H and O–H groups in total. The summed E-state index contributed by atoms with van der Waals surface area (Å²) in [6.07, 6.45) is 10.5. The Labute approximate surface area is 168 Å². The van der Waals surface area contributed by atoms with Crippen LogP contribution in [0.1, 0.15) is 64.1 Å². The van der Waals surface area contributed by atoms with Gasteiger partial charge in [-0.3, -0.25) is 9.69 Å². The van der Waals surface area contributed by atoms with Crippen molar-refractivity contribution in [2.75, 3.05) is 26.3 Å². The van der Waals surface area contributed by atoms with E-state index in [4.69, 9.17) is 9.84 Å². The largest absolute Gasteiger partial charge is 0.379 e. The fraction of sp³-hybridized carbons (Fsp3) is 0.864. The summed E-state index contributed by atoms with van der Waals surface area (Å²) < 4.78 is 7.61.